The highest BCUT2D eigenvalue weighted by atomic mass is 19.3. The lowest BCUT2D eigenvalue weighted by molar-refractivity contribution is -0.124. The molecule has 0 aromatic heterocycles. The zero-order valence-corrected chi connectivity index (χ0v) is 20.7. The fourth-order valence-corrected chi connectivity index (χ4v) is 8.27. The molecule has 2 nitrogen and oxygen atoms in total. The smallest absolute Gasteiger partial charge is 0.273 e. The SMILES string of the molecule is C=C1C[C@@](C)(O)CC[C@]1(C)[C@H]1CC[C@]2(C)[C@@H]([C@H](C)CC(F)(F)[C@H](C)O)CC[C@H]2[C@@H]1CC. The van der Waals surface area contributed by atoms with Gasteiger partial charge in [0.05, 0.1) is 5.60 Å². The van der Waals surface area contributed by atoms with Gasteiger partial charge in [0.2, 0.25) is 0 Å². The van der Waals surface area contributed by atoms with E-state index in [4.69, 9.17) is 0 Å². The minimum absolute atomic E-state index is 0.0628. The Kier molecular flexibility index (Phi) is 6.80. The summed E-state index contributed by atoms with van der Waals surface area (Å²) < 4.78 is 28.6. The fourth-order valence-electron chi connectivity index (χ4n) is 8.27. The molecule has 0 unspecified atom stereocenters. The van der Waals surface area contributed by atoms with Crippen LogP contribution in [0, 0.1) is 40.4 Å². The van der Waals surface area contributed by atoms with Crippen molar-refractivity contribution in [1.29, 1.82) is 0 Å². The largest absolute Gasteiger partial charge is 0.390 e. The molecule has 3 aliphatic rings. The molecule has 9 atom stereocenters. The Morgan fingerprint density at radius 3 is 2.26 bits per heavy atom. The maximum atomic E-state index is 14.3. The van der Waals surface area contributed by atoms with Crippen molar-refractivity contribution in [3.63, 3.8) is 0 Å². The van der Waals surface area contributed by atoms with Gasteiger partial charge in [0.15, 0.2) is 0 Å². The van der Waals surface area contributed by atoms with Crippen molar-refractivity contribution in [3.8, 4) is 0 Å². The number of hydrogen-bond donors (Lipinski definition) is 2. The average molecular weight is 441 g/mol. The molecule has 0 aromatic carbocycles. The summed E-state index contributed by atoms with van der Waals surface area (Å²) in [7, 11) is 0. The third-order valence-corrected chi connectivity index (χ3v) is 10.3. The summed E-state index contributed by atoms with van der Waals surface area (Å²) in [6.07, 6.45) is 6.17. The Labute approximate surface area is 188 Å². The normalized spacial score (nSPS) is 45.9. The highest BCUT2D eigenvalue weighted by Crippen LogP contribution is 2.66. The first-order chi connectivity index (χ1) is 14.2. The molecular weight excluding hydrogens is 394 g/mol. The maximum absolute atomic E-state index is 14.3. The van der Waals surface area contributed by atoms with E-state index in [1.165, 1.54) is 12.5 Å². The number of fused-ring (bicyclic) bond motifs is 1. The second-order valence-electron chi connectivity index (χ2n) is 12.3. The van der Waals surface area contributed by atoms with E-state index in [9.17, 15) is 19.0 Å². The summed E-state index contributed by atoms with van der Waals surface area (Å²) in [4.78, 5) is 0. The van der Waals surface area contributed by atoms with Crippen LogP contribution in [0.25, 0.3) is 0 Å². The summed E-state index contributed by atoms with van der Waals surface area (Å²) in [5.74, 6) is -1.11. The maximum Gasteiger partial charge on any atom is 0.273 e. The van der Waals surface area contributed by atoms with Gasteiger partial charge in [0.1, 0.15) is 6.10 Å². The summed E-state index contributed by atoms with van der Waals surface area (Å²) in [5.41, 5.74) is 0.733. The topological polar surface area (TPSA) is 40.5 Å². The van der Waals surface area contributed by atoms with Crippen molar-refractivity contribution in [3.05, 3.63) is 12.2 Å². The van der Waals surface area contributed by atoms with Crippen molar-refractivity contribution < 1.29 is 19.0 Å². The average Bonchev–Trinajstić information content (AvgIpc) is 3.00. The van der Waals surface area contributed by atoms with E-state index >= 15 is 0 Å². The first-order valence-electron chi connectivity index (χ1n) is 12.6. The van der Waals surface area contributed by atoms with Gasteiger partial charge in [-0.25, -0.2) is 8.78 Å². The summed E-state index contributed by atoms with van der Waals surface area (Å²) >= 11 is 0. The Morgan fingerprint density at radius 2 is 1.71 bits per heavy atom. The molecule has 3 aliphatic carbocycles. The van der Waals surface area contributed by atoms with Gasteiger partial charge < -0.3 is 10.2 Å². The highest BCUT2D eigenvalue weighted by molar-refractivity contribution is 5.20. The molecule has 2 N–H and O–H groups in total. The predicted octanol–water partition coefficient (Wildman–Crippen LogP) is 6.99. The summed E-state index contributed by atoms with van der Waals surface area (Å²) in [5, 5.41) is 20.1. The van der Waals surface area contributed by atoms with Crippen LogP contribution in [0.5, 0.6) is 0 Å². The molecule has 0 bridgehead atoms. The van der Waals surface area contributed by atoms with E-state index in [2.05, 4.69) is 27.4 Å². The number of halogens is 2. The molecule has 0 spiro atoms. The van der Waals surface area contributed by atoms with Crippen LogP contribution in [-0.4, -0.2) is 27.8 Å². The highest BCUT2D eigenvalue weighted by Gasteiger charge is 2.58. The van der Waals surface area contributed by atoms with Crippen molar-refractivity contribution in [2.45, 2.75) is 117 Å². The molecular formula is C27H46F2O2. The lowest BCUT2D eigenvalue weighted by Gasteiger charge is -2.57. The van der Waals surface area contributed by atoms with E-state index < -0.39 is 17.6 Å². The van der Waals surface area contributed by atoms with Gasteiger partial charge in [-0.05, 0) is 99.2 Å². The van der Waals surface area contributed by atoms with Crippen molar-refractivity contribution in [1.82, 2.24) is 0 Å². The third kappa shape index (κ3) is 4.37. The van der Waals surface area contributed by atoms with Crippen LogP contribution in [0.3, 0.4) is 0 Å². The van der Waals surface area contributed by atoms with Gasteiger partial charge >= 0.3 is 0 Å². The van der Waals surface area contributed by atoms with E-state index in [1.807, 2.05) is 13.8 Å². The molecule has 0 heterocycles. The van der Waals surface area contributed by atoms with Crippen LogP contribution in [0.2, 0.25) is 0 Å². The number of hydrogen-bond acceptors (Lipinski definition) is 2. The van der Waals surface area contributed by atoms with Gasteiger partial charge in [-0.2, -0.15) is 0 Å². The van der Waals surface area contributed by atoms with Gasteiger partial charge in [0, 0.05) is 6.42 Å². The minimum Gasteiger partial charge on any atom is -0.390 e. The van der Waals surface area contributed by atoms with Gasteiger partial charge in [-0.15, -0.1) is 0 Å². The van der Waals surface area contributed by atoms with Crippen LogP contribution >= 0.6 is 0 Å². The molecule has 0 aromatic rings. The van der Waals surface area contributed by atoms with Crippen LogP contribution in [0.15, 0.2) is 12.2 Å². The predicted molar refractivity (Wildman–Crippen MR) is 123 cm³/mol. The summed E-state index contributed by atoms with van der Waals surface area (Å²) in [6, 6.07) is 0. The first kappa shape index (κ1) is 25.1. The van der Waals surface area contributed by atoms with E-state index in [1.54, 1.807) is 0 Å². The fraction of sp³-hybridized carbons (Fsp3) is 0.926. The Bertz CT molecular complexity index is 672. The molecule has 0 saturated heterocycles. The van der Waals surface area contributed by atoms with E-state index in [0.29, 0.717) is 30.1 Å². The van der Waals surface area contributed by atoms with Crippen LogP contribution < -0.4 is 0 Å². The van der Waals surface area contributed by atoms with Crippen LogP contribution in [0.1, 0.15) is 99.3 Å². The van der Waals surface area contributed by atoms with Crippen LogP contribution in [0.4, 0.5) is 8.78 Å². The lowest BCUT2D eigenvalue weighted by atomic mass is 9.48. The van der Waals surface area contributed by atoms with E-state index in [0.717, 1.165) is 44.9 Å². The zero-order chi connectivity index (χ0) is 23.4. The summed E-state index contributed by atoms with van der Waals surface area (Å²) in [6.45, 7) is 16.6. The molecule has 0 radical (unpaired) electrons. The molecule has 4 heteroatoms. The van der Waals surface area contributed by atoms with Crippen molar-refractivity contribution >= 4 is 0 Å². The Morgan fingerprint density at radius 1 is 1.06 bits per heavy atom. The number of aliphatic hydroxyl groups excluding tert-OH is 1. The quantitative estimate of drug-likeness (QED) is 0.437. The van der Waals surface area contributed by atoms with Crippen molar-refractivity contribution in [2.75, 3.05) is 0 Å². The molecule has 3 rings (SSSR count). The van der Waals surface area contributed by atoms with Gasteiger partial charge in [0.25, 0.3) is 5.92 Å². The molecule has 0 aliphatic heterocycles. The third-order valence-electron chi connectivity index (χ3n) is 10.3. The van der Waals surface area contributed by atoms with Gasteiger partial charge in [-0.3, -0.25) is 0 Å². The zero-order valence-electron chi connectivity index (χ0n) is 20.7. The molecule has 180 valence electrons. The first-order valence-corrected chi connectivity index (χ1v) is 12.6. The molecule has 31 heavy (non-hydrogen) atoms. The van der Waals surface area contributed by atoms with E-state index in [-0.39, 0.29) is 23.2 Å². The Hall–Kier alpha value is -0.480. The van der Waals surface area contributed by atoms with Crippen molar-refractivity contribution in [2.24, 2.45) is 40.4 Å². The monoisotopic (exact) mass is 440 g/mol. The second-order valence-corrected chi connectivity index (χ2v) is 12.3. The minimum atomic E-state index is -3.01. The van der Waals surface area contributed by atoms with Gasteiger partial charge in [-0.1, -0.05) is 46.3 Å². The molecule has 3 fully saturated rings. The molecule has 3 saturated carbocycles. The van der Waals surface area contributed by atoms with Crippen LogP contribution in [-0.2, 0) is 0 Å². The number of aliphatic hydroxyl groups is 2. The number of rotatable bonds is 6. The standard InChI is InChI=1S/C27H46F2O2/c1-8-20-22-10-9-21(17(2)15-27(28,29)19(4)30)26(22,7)12-11-23(20)25(6)14-13-24(5,31)16-18(25)3/h17,19-23,30-31H,3,8-16H2,1-2,4-7H3/t17-,19+,20+,21-,22+,23+,24+,25+,26-/m1/s1. The molecule has 0 amide bonds. The Balaban J connectivity index is 1.81. The second kappa shape index (κ2) is 8.38. The lowest BCUT2D eigenvalue weighted by Crippen LogP contribution is -2.50. The number of alkyl halides is 2.